The van der Waals surface area contributed by atoms with E-state index in [1.807, 2.05) is 12.1 Å². The first-order chi connectivity index (χ1) is 7.76. The smallest absolute Gasteiger partial charge is 0.139 e. The standard InChI is InChI=1S/C12H19N3O/c1-2-10-5-3-6-11(9-10)14-8-4-7-12(13)15-16/h3,5-6,9,14,16H,2,4,7-8H2,1H3,(H2,13,15). The summed E-state index contributed by atoms with van der Waals surface area (Å²) in [6, 6.07) is 8.35. The Morgan fingerprint density at radius 2 is 2.31 bits per heavy atom. The first kappa shape index (κ1) is 12.4. The fraction of sp³-hybridized carbons (Fsp3) is 0.417. The van der Waals surface area contributed by atoms with Crippen LogP contribution in [-0.4, -0.2) is 17.6 Å². The van der Waals surface area contributed by atoms with E-state index in [-0.39, 0.29) is 5.84 Å². The summed E-state index contributed by atoms with van der Waals surface area (Å²) in [6.45, 7) is 2.96. The van der Waals surface area contributed by atoms with E-state index in [9.17, 15) is 0 Å². The Bertz CT molecular complexity index is 350. The van der Waals surface area contributed by atoms with Crippen LogP contribution in [0.1, 0.15) is 25.3 Å². The molecule has 0 amide bonds. The van der Waals surface area contributed by atoms with Crippen LogP contribution < -0.4 is 11.1 Å². The van der Waals surface area contributed by atoms with Crippen molar-refractivity contribution in [2.24, 2.45) is 10.9 Å². The van der Waals surface area contributed by atoms with E-state index in [0.717, 1.165) is 25.1 Å². The van der Waals surface area contributed by atoms with E-state index in [1.54, 1.807) is 0 Å². The minimum Gasteiger partial charge on any atom is -0.409 e. The van der Waals surface area contributed by atoms with Crippen LogP contribution in [0, 0.1) is 0 Å². The van der Waals surface area contributed by atoms with Gasteiger partial charge in [-0.25, -0.2) is 0 Å². The fourth-order valence-corrected chi connectivity index (χ4v) is 1.45. The molecule has 0 saturated carbocycles. The normalized spacial score (nSPS) is 11.4. The van der Waals surface area contributed by atoms with Crippen molar-refractivity contribution in [2.45, 2.75) is 26.2 Å². The Morgan fingerprint density at radius 1 is 1.50 bits per heavy atom. The minimum absolute atomic E-state index is 0.282. The molecule has 4 heteroatoms. The van der Waals surface area contributed by atoms with E-state index in [1.165, 1.54) is 5.56 Å². The van der Waals surface area contributed by atoms with Crippen molar-refractivity contribution in [1.29, 1.82) is 0 Å². The number of aryl methyl sites for hydroxylation is 1. The third-order valence-corrected chi connectivity index (χ3v) is 2.40. The zero-order valence-corrected chi connectivity index (χ0v) is 9.61. The molecular formula is C12H19N3O. The number of oxime groups is 1. The number of hydrogen-bond acceptors (Lipinski definition) is 3. The van der Waals surface area contributed by atoms with Crippen LogP contribution in [0.3, 0.4) is 0 Å². The van der Waals surface area contributed by atoms with Gasteiger partial charge in [-0.1, -0.05) is 24.2 Å². The van der Waals surface area contributed by atoms with E-state index < -0.39 is 0 Å². The maximum Gasteiger partial charge on any atom is 0.139 e. The average Bonchev–Trinajstić information content (AvgIpc) is 2.34. The van der Waals surface area contributed by atoms with Gasteiger partial charge in [-0.2, -0.15) is 0 Å². The second kappa shape index (κ2) is 6.71. The SMILES string of the molecule is CCc1cccc(NCCCC(N)=NO)c1. The molecule has 0 radical (unpaired) electrons. The second-order valence-corrected chi connectivity index (χ2v) is 3.68. The Balaban J connectivity index is 2.31. The number of nitrogens with two attached hydrogens (primary N) is 1. The van der Waals surface area contributed by atoms with E-state index >= 15 is 0 Å². The molecule has 0 fully saturated rings. The lowest BCUT2D eigenvalue weighted by atomic mass is 10.1. The number of nitrogens with one attached hydrogen (secondary N) is 1. The van der Waals surface area contributed by atoms with Gasteiger partial charge >= 0.3 is 0 Å². The lowest BCUT2D eigenvalue weighted by Crippen LogP contribution is -2.13. The Hall–Kier alpha value is -1.71. The molecule has 0 aliphatic carbocycles. The van der Waals surface area contributed by atoms with Gasteiger partial charge in [0, 0.05) is 18.7 Å². The summed E-state index contributed by atoms with van der Waals surface area (Å²) in [4.78, 5) is 0. The lowest BCUT2D eigenvalue weighted by Gasteiger charge is -2.07. The van der Waals surface area contributed by atoms with Crippen molar-refractivity contribution in [3.8, 4) is 0 Å². The van der Waals surface area contributed by atoms with E-state index in [4.69, 9.17) is 10.9 Å². The molecule has 0 atom stereocenters. The largest absolute Gasteiger partial charge is 0.409 e. The van der Waals surface area contributed by atoms with Gasteiger partial charge in [-0.05, 0) is 30.5 Å². The summed E-state index contributed by atoms with van der Waals surface area (Å²) in [5.74, 6) is 0.282. The molecule has 0 heterocycles. The van der Waals surface area contributed by atoms with Crippen molar-refractivity contribution in [3.05, 3.63) is 29.8 Å². The van der Waals surface area contributed by atoms with Gasteiger partial charge in [-0.15, -0.1) is 0 Å². The lowest BCUT2D eigenvalue weighted by molar-refractivity contribution is 0.316. The van der Waals surface area contributed by atoms with Crippen LogP contribution in [0.25, 0.3) is 0 Å². The Labute approximate surface area is 96.2 Å². The zero-order valence-electron chi connectivity index (χ0n) is 9.61. The highest BCUT2D eigenvalue weighted by Gasteiger charge is 1.95. The van der Waals surface area contributed by atoms with Gasteiger partial charge in [0.2, 0.25) is 0 Å². The number of hydrogen-bond donors (Lipinski definition) is 3. The summed E-state index contributed by atoms with van der Waals surface area (Å²) in [6.07, 6.45) is 2.50. The van der Waals surface area contributed by atoms with Gasteiger partial charge < -0.3 is 16.3 Å². The quantitative estimate of drug-likeness (QED) is 0.227. The number of rotatable bonds is 6. The summed E-state index contributed by atoms with van der Waals surface area (Å²) in [7, 11) is 0. The molecule has 0 unspecified atom stereocenters. The maximum atomic E-state index is 8.36. The van der Waals surface area contributed by atoms with Crippen molar-refractivity contribution in [2.75, 3.05) is 11.9 Å². The molecular weight excluding hydrogens is 202 g/mol. The predicted molar refractivity (Wildman–Crippen MR) is 67.0 cm³/mol. The van der Waals surface area contributed by atoms with E-state index in [0.29, 0.717) is 6.42 Å². The third-order valence-electron chi connectivity index (χ3n) is 2.40. The number of benzene rings is 1. The number of nitrogens with zero attached hydrogens (tertiary/aromatic N) is 1. The Kier molecular flexibility index (Phi) is 5.19. The first-order valence-electron chi connectivity index (χ1n) is 5.55. The van der Waals surface area contributed by atoms with Crippen molar-refractivity contribution in [3.63, 3.8) is 0 Å². The topological polar surface area (TPSA) is 70.6 Å². The summed E-state index contributed by atoms with van der Waals surface area (Å²) >= 11 is 0. The molecule has 1 aromatic carbocycles. The molecule has 0 bridgehead atoms. The highest BCUT2D eigenvalue weighted by molar-refractivity contribution is 5.79. The molecule has 88 valence electrons. The monoisotopic (exact) mass is 221 g/mol. The highest BCUT2D eigenvalue weighted by atomic mass is 16.4. The fourth-order valence-electron chi connectivity index (χ4n) is 1.45. The highest BCUT2D eigenvalue weighted by Crippen LogP contribution is 2.10. The minimum atomic E-state index is 0.282. The average molecular weight is 221 g/mol. The van der Waals surface area contributed by atoms with Crippen LogP contribution in [-0.2, 0) is 6.42 Å². The van der Waals surface area contributed by atoms with Gasteiger partial charge in [0.25, 0.3) is 0 Å². The molecule has 4 N–H and O–H groups in total. The number of anilines is 1. The maximum absolute atomic E-state index is 8.36. The van der Waals surface area contributed by atoms with Crippen LogP contribution in [0.5, 0.6) is 0 Å². The molecule has 0 aromatic heterocycles. The van der Waals surface area contributed by atoms with Crippen LogP contribution >= 0.6 is 0 Å². The van der Waals surface area contributed by atoms with Crippen molar-refractivity contribution < 1.29 is 5.21 Å². The van der Waals surface area contributed by atoms with Crippen molar-refractivity contribution >= 4 is 11.5 Å². The summed E-state index contributed by atoms with van der Waals surface area (Å²) in [5.41, 5.74) is 7.82. The van der Waals surface area contributed by atoms with Crippen molar-refractivity contribution in [1.82, 2.24) is 0 Å². The molecule has 0 spiro atoms. The van der Waals surface area contributed by atoms with Crippen LogP contribution in [0.4, 0.5) is 5.69 Å². The predicted octanol–water partition coefficient (Wildman–Crippen LogP) is 2.19. The van der Waals surface area contributed by atoms with E-state index in [2.05, 4.69) is 29.5 Å². The molecule has 0 aliphatic rings. The van der Waals surface area contributed by atoms with Gasteiger partial charge in [0.1, 0.15) is 5.84 Å². The third kappa shape index (κ3) is 4.21. The van der Waals surface area contributed by atoms with Gasteiger partial charge in [0.15, 0.2) is 0 Å². The zero-order chi connectivity index (χ0) is 11.8. The number of amidine groups is 1. The Morgan fingerprint density at radius 3 is 3.00 bits per heavy atom. The van der Waals surface area contributed by atoms with Crippen LogP contribution in [0.15, 0.2) is 29.4 Å². The van der Waals surface area contributed by atoms with Gasteiger partial charge in [-0.3, -0.25) is 0 Å². The van der Waals surface area contributed by atoms with Crippen LogP contribution in [0.2, 0.25) is 0 Å². The summed E-state index contributed by atoms with van der Waals surface area (Å²) in [5, 5.41) is 14.6. The first-order valence-corrected chi connectivity index (χ1v) is 5.55. The molecule has 1 rings (SSSR count). The van der Waals surface area contributed by atoms with Gasteiger partial charge in [0.05, 0.1) is 0 Å². The molecule has 16 heavy (non-hydrogen) atoms. The molecule has 1 aromatic rings. The summed E-state index contributed by atoms with van der Waals surface area (Å²) < 4.78 is 0. The second-order valence-electron chi connectivity index (χ2n) is 3.68. The molecule has 0 saturated heterocycles. The molecule has 0 aliphatic heterocycles. The molecule has 4 nitrogen and oxygen atoms in total.